The van der Waals surface area contributed by atoms with E-state index >= 15 is 0 Å². The molecule has 19 heavy (non-hydrogen) atoms. The number of aliphatic carboxylic acids is 1. The molecule has 1 aromatic carbocycles. The van der Waals surface area contributed by atoms with E-state index in [2.05, 4.69) is 4.98 Å². The largest absolute Gasteiger partial charge is 0.481 e. The Morgan fingerprint density at radius 1 is 1.32 bits per heavy atom. The zero-order chi connectivity index (χ0) is 14.0. The van der Waals surface area contributed by atoms with Crippen molar-refractivity contribution in [1.82, 2.24) is 4.98 Å². The molecule has 0 aliphatic rings. The van der Waals surface area contributed by atoms with E-state index in [0.29, 0.717) is 11.1 Å². The first-order valence-corrected chi connectivity index (χ1v) is 5.61. The second-order valence-electron chi connectivity index (χ2n) is 4.12. The summed E-state index contributed by atoms with van der Waals surface area (Å²) in [6.45, 7) is 1.64. The number of carboxylic acid groups (broad SMARTS) is 1. The number of rotatable bonds is 3. The minimum absolute atomic E-state index is 0.0322. The summed E-state index contributed by atoms with van der Waals surface area (Å²) in [4.78, 5) is 14.8. The average molecular weight is 263 g/mol. The molecule has 2 aromatic rings. The van der Waals surface area contributed by atoms with Crippen molar-refractivity contribution in [2.45, 2.75) is 13.3 Å². The Labute approximate surface area is 108 Å². The van der Waals surface area contributed by atoms with Crippen LogP contribution in [0.4, 0.5) is 8.78 Å². The molecule has 0 radical (unpaired) electrons. The predicted octanol–water partition coefficient (Wildman–Crippen LogP) is 2.96. The van der Waals surface area contributed by atoms with Gasteiger partial charge < -0.3 is 5.11 Å². The van der Waals surface area contributed by atoms with Gasteiger partial charge in [-0.3, -0.25) is 9.78 Å². The number of hydrogen-bond donors (Lipinski definition) is 1. The number of carbonyl (C=O) groups is 1. The molecular formula is C14H11F2NO2. The molecule has 0 bridgehead atoms. The quantitative estimate of drug-likeness (QED) is 0.926. The first-order chi connectivity index (χ1) is 9.00. The summed E-state index contributed by atoms with van der Waals surface area (Å²) in [7, 11) is 0. The molecule has 5 heteroatoms. The number of aromatic nitrogens is 1. The second kappa shape index (κ2) is 5.14. The minimum atomic E-state index is -0.986. The van der Waals surface area contributed by atoms with E-state index in [9.17, 15) is 13.6 Å². The van der Waals surface area contributed by atoms with Gasteiger partial charge in [0.25, 0.3) is 0 Å². The molecule has 1 heterocycles. The molecule has 1 N–H and O–H groups in total. The lowest BCUT2D eigenvalue weighted by atomic mass is 10.00. The van der Waals surface area contributed by atoms with Gasteiger partial charge in [0.05, 0.1) is 12.1 Å². The van der Waals surface area contributed by atoms with E-state index in [-0.39, 0.29) is 17.7 Å². The van der Waals surface area contributed by atoms with Crippen LogP contribution in [0.1, 0.15) is 11.1 Å². The van der Waals surface area contributed by atoms with Crippen LogP contribution in [0.2, 0.25) is 0 Å². The summed E-state index contributed by atoms with van der Waals surface area (Å²) in [6, 6.07) is 5.39. The van der Waals surface area contributed by atoms with E-state index in [1.54, 1.807) is 13.0 Å². The fourth-order valence-electron chi connectivity index (χ4n) is 1.89. The van der Waals surface area contributed by atoms with Crippen LogP contribution in [0, 0.1) is 18.6 Å². The molecule has 98 valence electrons. The molecule has 2 rings (SSSR count). The van der Waals surface area contributed by atoms with E-state index in [0.717, 1.165) is 6.07 Å². The van der Waals surface area contributed by atoms with Gasteiger partial charge in [-0.15, -0.1) is 0 Å². The Kier molecular flexibility index (Phi) is 3.55. The third-order valence-corrected chi connectivity index (χ3v) is 2.86. The monoisotopic (exact) mass is 263 g/mol. The highest BCUT2D eigenvalue weighted by Crippen LogP contribution is 2.27. The lowest BCUT2D eigenvalue weighted by molar-refractivity contribution is -0.136. The standard InChI is InChI=1S/C14H11F2NO2/c1-8-9(7-12(18)19)5-6-17-14(8)10-3-2-4-11(15)13(10)16/h2-6H,7H2,1H3,(H,18,19). The molecule has 0 saturated heterocycles. The Morgan fingerprint density at radius 2 is 2.05 bits per heavy atom. The van der Waals surface area contributed by atoms with Gasteiger partial charge in [-0.2, -0.15) is 0 Å². The van der Waals surface area contributed by atoms with Gasteiger partial charge in [-0.25, -0.2) is 8.78 Å². The molecule has 3 nitrogen and oxygen atoms in total. The number of benzene rings is 1. The smallest absolute Gasteiger partial charge is 0.307 e. The highest BCUT2D eigenvalue weighted by Gasteiger charge is 2.15. The van der Waals surface area contributed by atoms with Gasteiger partial charge in [0.2, 0.25) is 0 Å². The van der Waals surface area contributed by atoms with Gasteiger partial charge in [0, 0.05) is 11.8 Å². The molecular weight excluding hydrogens is 252 g/mol. The first-order valence-electron chi connectivity index (χ1n) is 5.61. The molecule has 1 aromatic heterocycles. The van der Waals surface area contributed by atoms with Crippen LogP contribution in [0.5, 0.6) is 0 Å². The SMILES string of the molecule is Cc1c(CC(=O)O)ccnc1-c1cccc(F)c1F. The van der Waals surface area contributed by atoms with Crippen molar-refractivity contribution in [2.24, 2.45) is 0 Å². The zero-order valence-electron chi connectivity index (χ0n) is 10.2. The summed E-state index contributed by atoms with van der Waals surface area (Å²) >= 11 is 0. The summed E-state index contributed by atoms with van der Waals surface area (Å²) in [5, 5.41) is 8.80. The molecule has 0 unspecified atom stereocenters. The highest BCUT2D eigenvalue weighted by molar-refractivity contribution is 5.73. The van der Waals surface area contributed by atoms with Crippen molar-refractivity contribution in [2.75, 3.05) is 0 Å². The van der Waals surface area contributed by atoms with Crippen LogP contribution in [-0.4, -0.2) is 16.1 Å². The molecule has 0 fully saturated rings. The van der Waals surface area contributed by atoms with Gasteiger partial charge in [-0.1, -0.05) is 6.07 Å². The number of pyridine rings is 1. The van der Waals surface area contributed by atoms with Crippen molar-refractivity contribution in [3.8, 4) is 11.3 Å². The Balaban J connectivity index is 2.57. The van der Waals surface area contributed by atoms with E-state index in [1.165, 1.54) is 18.3 Å². The maximum absolute atomic E-state index is 13.7. The summed E-state index contributed by atoms with van der Waals surface area (Å²) in [5.74, 6) is -2.92. The van der Waals surface area contributed by atoms with Crippen molar-refractivity contribution in [3.63, 3.8) is 0 Å². The maximum Gasteiger partial charge on any atom is 0.307 e. The number of halogens is 2. The molecule has 0 atom stereocenters. The van der Waals surface area contributed by atoms with Crippen LogP contribution < -0.4 is 0 Å². The Hall–Kier alpha value is -2.30. The van der Waals surface area contributed by atoms with Crippen LogP contribution in [0.15, 0.2) is 30.5 Å². The fraction of sp³-hybridized carbons (Fsp3) is 0.143. The third kappa shape index (κ3) is 2.59. The minimum Gasteiger partial charge on any atom is -0.481 e. The summed E-state index contributed by atoms with van der Waals surface area (Å²) < 4.78 is 26.9. The van der Waals surface area contributed by atoms with Crippen molar-refractivity contribution < 1.29 is 18.7 Å². The molecule has 0 spiro atoms. The topological polar surface area (TPSA) is 50.2 Å². The second-order valence-corrected chi connectivity index (χ2v) is 4.12. The van der Waals surface area contributed by atoms with Crippen molar-refractivity contribution in [3.05, 3.63) is 53.2 Å². The number of hydrogen-bond acceptors (Lipinski definition) is 2. The van der Waals surface area contributed by atoms with Gasteiger partial charge in [0.1, 0.15) is 0 Å². The normalized spacial score (nSPS) is 10.5. The van der Waals surface area contributed by atoms with E-state index < -0.39 is 17.6 Å². The highest BCUT2D eigenvalue weighted by atomic mass is 19.2. The number of carboxylic acids is 1. The van der Waals surface area contributed by atoms with Crippen LogP contribution in [-0.2, 0) is 11.2 Å². The average Bonchev–Trinajstić information content (AvgIpc) is 2.35. The van der Waals surface area contributed by atoms with Gasteiger partial charge in [0.15, 0.2) is 11.6 Å². The molecule has 0 aliphatic heterocycles. The first kappa shape index (κ1) is 13.1. The Morgan fingerprint density at radius 3 is 2.74 bits per heavy atom. The summed E-state index contributed by atoms with van der Waals surface area (Å²) in [5.41, 5.74) is 1.36. The van der Waals surface area contributed by atoms with Crippen molar-refractivity contribution >= 4 is 5.97 Å². The van der Waals surface area contributed by atoms with Gasteiger partial charge in [-0.05, 0) is 36.2 Å². The zero-order valence-corrected chi connectivity index (χ0v) is 10.2. The maximum atomic E-state index is 13.7. The predicted molar refractivity (Wildman–Crippen MR) is 65.7 cm³/mol. The molecule has 0 amide bonds. The lowest BCUT2D eigenvalue weighted by Gasteiger charge is -2.10. The molecule has 0 aliphatic carbocycles. The van der Waals surface area contributed by atoms with Crippen LogP contribution in [0.25, 0.3) is 11.3 Å². The lowest BCUT2D eigenvalue weighted by Crippen LogP contribution is -2.04. The van der Waals surface area contributed by atoms with Crippen LogP contribution >= 0.6 is 0 Å². The van der Waals surface area contributed by atoms with E-state index in [4.69, 9.17) is 5.11 Å². The van der Waals surface area contributed by atoms with Crippen molar-refractivity contribution in [1.29, 1.82) is 0 Å². The summed E-state index contributed by atoms with van der Waals surface area (Å²) in [6.07, 6.45) is 1.21. The van der Waals surface area contributed by atoms with E-state index in [1.807, 2.05) is 0 Å². The number of nitrogens with zero attached hydrogens (tertiary/aromatic N) is 1. The molecule has 0 saturated carbocycles. The van der Waals surface area contributed by atoms with Crippen LogP contribution in [0.3, 0.4) is 0 Å². The van der Waals surface area contributed by atoms with Gasteiger partial charge >= 0.3 is 5.97 Å². The Bertz CT molecular complexity index is 641. The fourth-order valence-corrected chi connectivity index (χ4v) is 1.89. The third-order valence-electron chi connectivity index (χ3n) is 2.86.